The van der Waals surface area contributed by atoms with Gasteiger partial charge >= 0.3 is 0 Å². The standard InChI is InChI=1S/C15H11NOS/c1-10-6-7-16-8-12(10)15(17)13-9-18-14-5-3-2-4-11(13)14/h2-9H,1H3. The first kappa shape index (κ1) is 11.1. The maximum atomic E-state index is 12.5. The molecule has 0 saturated carbocycles. The van der Waals surface area contributed by atoms with Crippen LogP contribution in [0.25, 0.3) is 10.1 Å². The van der Waals surface area contributed by atoms with Gasteiger partial charge < -0.3 is 0 Å². The molecule has 0 aliphatic carbocycles. The molecule has 18 heavy (non-hydrogen) atoms. The first-order chi connectivity index (χ1) is 8.77. The van der Waals surface area contributed by atoms with Gasteiger partial charge in [-0.05, 0) is 24.6 Å². The van der Waals surface area contributed by atoms with Crippen LogP contribution in [0, 0.1) is 6.92 Å². The summed E-state index contributed by atoms with van der Waals surface area (Å²) in [5, 5.41) is 2.95. The Bertz CT molecular complexity index is 730. The first-order valence-electron chi connectivity index (χ1n) is 5.69. The minimum Gasteiger partial charge on any atom is -0.288 e. The Morgan fingerprint density at radius 2 is 2.00 bits per heavy atom. The third kappa shape index (κ3) is 1.73. The van der Waals surface area contributed by atoms with Gasteiger partial charge in [0.05, 0.1) is 0 Å². The van der Waals surface area contributed by atoms with E-state index in [1.807, 2.05) is 42.6 Å². The maximum absolute atomic E-state index is 12.5. The van der Waals surface area contributed by atoms with E-state index in [9.17, 15) is 4.79 Å². The predicted octanol–water partition coefficient (Wildman–Crippen LogP) is 3.84. The van der Waals surface area contributed by atoms with Crippen LogP contribution in [0.15, 0.2) is 48.1 Å². The van der Waals surface area contributed by atoms with Crippen LogP contribution in [-0.4, -0.2) is 10.8 Å². The number of carbonyl (C=O) groups is 1. The van der Waals surface area contributed by atoms with E-state index in [0.29, 0.717) is 5.56 Å². The van der Waals surface area contributed by atoms with Gasteiger partial charge in [0.15, 0.2) is 5.78 Å². The number of carbonyl (C=O) groups excluding carboxylic acids is 1. The Morgan fingerprint density at radius 3 is 2.83 bits per heavy atom. The molecule has 0 N–H and O–H groups in total. The number of ketones is 1. The van der Waals surface area contributed by atoms with Crippen LogP contribution in [-0.2, 0) is 0 Å². The summed E-state index contributed by atoms with van der Waals surface area (Å²) in [6.45, 7) is 1.93. The smallest absolute Gasteiger partial charge is 0.196 e. The van der Waals surface area contributed by atoms with Gasteiger partial charge in [-0.3, -0.25) is 9.78 Å². The van der Waals surface area contributed by atoms with Gasteiger partial charge in [0.2, 0.25) is 0 Å². The molecule has 0 radical (unpaired) electrons. The Hall–Kier alpha value is -2.00. The monoisotopic (exact) mass is 253 g/mol. The number of aromatic nitrogens is 1. The summed E-state index contributed by atoms with van der Waals surface area (Å²) in [5.74, 6) is 0.0537. The molecule has 0 fully saturated rings. The van der Waals surface area contributed by atoms with E-state index in [4.69, 9.17) is 0 Å². The molecule has 0 aliphatic heterocycles. The van der Waals surface area contributed by atoms with E-state index in [2.05, 4.69) is 4.98 Å². The van der Waals surface area contributed by atoms with E-state index in [0.717, 1.165) is 21.2 Å². The van der Waals surface area contributed by atoms with Crippen LogP contribution >= 0.6 is 11.3 Å². The third-order valence-electron chi connectivity index (χ3n) is 3.01. The molecular formula is C15H11NOS. The average molecular weight is 253 g/mol. The molecule has 3 heteroatoms. The minimum atomic E-state index is 0.0537. The highest BCUT2D eigenvalue weighted by molar-refractivity contribution is 7.17. The van der Waals surface area contributed by atoms with E-state index in [-0.39, 0.29) is 5.78 Å². The molecule has 2 nitrogen and oxygen atoms in total. The lowest BCUT2D eigenvalue weighted by molar-refractivity contribution is 0.103. The molecule has 0 amide bonds. The highest BCUT2D eigenvalue weighted by Gasteiger charge is 2.15. The number of hydrogen-bond donors (Lipinski definition) is 0. The van der Waals surface area contributed by atoms with Gasteiger partial charge in [-0.15, -0.1) is 11.3 Å². The number of aryl methyl sites for hydroxylation is 1. The van der Waals surface area contributed by atoms with E-state index in [1.54, 1.807) is 23.7 Å². The molecule has 0 spiro atoms. The van der Waals surface area contributed by atoms with Crippen LogP contribution in [0.3, 0.4) is 0 Å². The van der Waals surface area contributed by atoms with Gasteiger partial charge in [-0.25, -0.2) is 0 Å². The topological polar surface area (TPSA) is 30.0 Å². The molecule has 3 rings (SSSR count). The van der Waals surface area contributed by atoms with E-state index in [1.165, 1.54) is 0 Å². The van der Waals surface area contributed by atoms with Crippen LogP contribution in [0.5, 0.6) is 0 Å². The maximum Gasteiger partial charge on any atom is 0.196 e. The minimum absolute atomic E-state index is 0.0537. The largest absolute Gasteiger partial charge is 0.288 e. The van der Waals surface area contributed by atoms with Crippen molar-refractivity contribution in [2.45, 2.75) is 6.92 Å². The van der Waals surface area contributed by atoms with Gasteiger partial charge in [0.1, 0.15) is 0 Å². The van der Waals surface area contributed by atoms with Crippen LogP contribution < -0.4 is 0 Å². The molecule has 0 saturated heterocycles. The summed E-state index contributed by atoms with van der Waals surface area (Å²) in [7, 11) is 0. The second kappa shape index (κ2) is 4.35. The second-order valence-electron chi connectivity index (χ2n) is 4.17. The molecule has 0 bridgehead atoms. The Kier molecular flexibility index (Phi) is 2.68. The lowest BCUT2D eigenvalue weighted by Gasteiger charge is -2.02. The van der Waals surface area contributed by atoms with E-state index >= 15 is 0 Å². The molecular weight excluding hydrogens is 242 g/mol. The van der Waals surface area contributed by atoms with Crippen molar-refractivity contribution in [1.82, 2.24) is 4.98 Å². The molecule has 88 valence electrons. The van der Waals surface area contributed by atoms with Crippen molar-refractivity contribution in [3.8, 4) is 0 Å². The Morgan fingerprint density at radius 1 is 1.17 bits per heavy atom. The van der Waals surface area contributed by atoms with Gasteiger partial charge in [-0.2, -0.15) is 0 Å². The highest BCUT2D eigenvalue weighted by atomic mass is 32.1. The van der Waals surface area contributed by atoms with Gasteiger partial charge in [0.25, 0.3) is 0 Å². The highest BCUT2D eigenvalue weighted by Crippen LogP contribution is 2.27. The fraction of sp³-hybridized carbons (Fsp3) is 0.0667. The number of hydrogen-bond acceptors (Lipinski definition) is 3. The average Bonchev–Trinajstić information content (AvgIpc) is 2.82. The van der Waals surface area contributed by atoms with Crippen LogP contribution in [0.2, 0.25) is 0 Å². The molecule has 0 unspecified atom stereocenters. The summed E-state index contributed by atoms with van der Waals surface area (Å²) in [5.41, 5.74) is 2.41. The summed E-state index contributed by atoms with van der Waals surface area (Å²) in [6.07, 6.45) is 3.35. The summed E-state index contributed by atoms with van der Waals surface area (Å²) >= 11 is 1.60. The normalized spacial score (nSPS) is 10.7. The predicted molar refractivity (Wildman–Crippen MR) is 74.2 cm³/mol. The SMILES string of the molecule is Cc1ccncc1C(=O)c1csc2ccccc12. The number of thiophene rings is 1. The third-order valence-corrected chi connectivity index (χ3v) is 3.97. The van der Waals surface area contributed by atoms with Crippen molar-refractivity contribution < 1.29 is 4.79 Å². The van der Waals surface area contributed by atoms with E-state index < -0.39 is 0 Å². The Balaban J connectivity index is 2.16. The molecule has 0 aliphatic rings. The zero-order valence-corrected chi connectivity index (χ0v) is 10.7. The van der Waals surface area contributed by atoms with Crippen molar-refractivity contribution >= 4 is 27.2 Å². The second-order valence-corrected chi connectivity index (χ2v) is 5.08. The van der Waals surface area contributed by atoms with Crippen LogP contribution in [0.1, 0.15) is 21.5 Å². The number of nitrogens with zero attached hydrogens (tertiary/aromatic N) is 1. The van der Waals surface area contributed by atoms with Gasteiger partial charge in [-0.1, -0.05) is 18.2 Å². The molecule has 2 aromatic heterocycles. The number of benzene rings is 1. The van der Waals surface area contributed by atoms with Gasteiger partial charge in [0, 0.05) is 39.0 Å². The molecule has 0 atom stereocenters. The molecule has 1 aromatic carbocycles. The summed E-state index contributed by atoms with van der Waals surface area (Å²) in [4.78, 5) is 16.5. The molecule has 2 heterocycles. The fourth-order valence-corrected chi connectivity index (χ4v) is 2.94. The zero-order chi connectivity index (χ0) is 12.5. The summed E-state index contributed by atoms with van der Waals surface area (Å²) < 4.78 is 1.14. The number of fused-ring (bicyclic) bond motifs is 1. The lowest BCUT2D eigenvalue weighted by Crippen LogP contribution is -2.03. The quantitative estimate of drug-likeness (QED) is 0.649. The zero-order valence-electron chi connectivity index (χ0n) is 9.88. The summed E-state index contributed by atoms with van der Waals surface area (Å²) in [6, 6.07) is 9.84. The molecule has 3 aromatic rings. The first-order valence-corrected chi connectivity index (χ1v) is 6.57. The van der Waals surface area contributed by atoms with Crippen molar-refractivity contribution in [3.63, 3.8) is 0 Å². The Labute approximate surface area is 109 Å². The number of pyridine rings is 1. The van der Waals surface area contributed by atoms with Crippen LogP contribution in [0.4, 0.5) is 0 Å². The van der Waals surface area contributed by atoms with Crippen molar-refractivity contribution in [2.24, 2.45) is 0 Å². The fourth-order valence-electron chi connectivity index (χ4n) is 2.00. The lowest BCUT2D eigenvalue weighted by atomic mass is 10.0. The van der Waals surface area contributed by atoms with Crippen molar-refractivity contribution in [2.75, 3.05) is 0 Å². The number of rotatable bonds is 2. The van der Waals surface area contributed by atoms with Crippen molar-refractivity contribution in [3.05, 3.63) is 64.8 Å². The van der Waals surface area contributed by atoms with Crippen molar-refractivity contribution in [1.29, 1.82) is 0 Å².